The maximum Gasteiger partial charge on any atom is 0.270 e. The van der Waals surface area contributed by atoms with Gasteiger partial charge in [-0.15, -0.1) is 0 Å². The molecular weight excluding hydrogens is 274 g/mol. The van der Waals surface area contributed by atoms with E-state index in [1.807, 2.05) is 6.07 Å². The molecule has 6 heteroatoms. The standard InChI is InChI=1S/C14H17N3O2S/c15-14(16)20-9-11-4-1-2-7-13(11)10-5-3-6-12(8-10)17(18)19/h3,5-6,8H,1-2,4,7,9H2,(H3,15,16). The normalized spacial score (nSPS) is 15.2. The number of nitrogens with one attached hydrogen (secondary N) is 1. The van der Waals surface area contributed by atoms with E-state index in [1.54, 1.807) is 12.1 Å². The van der Waals surface area contributed by atoms with Crippen molar-refractivity contribution in [1.82, 2.24) is 0 Å². The number of hydrogen-bond donors (Lipinski definition) is 2. The molecule has 0 saturated heterocycles. The topological polar surface area (TPSA) is 93.0 Å². The van der Waals surface area contributed by atoms with Crippen molar-refractivity contribution in [3.8, 4) is 0 Å². The number of rotatable bonds is 4. The van der Waals surface area contributed by atoms with Gasteiger partial charge in [0.15, 0.2) is 5.17 Å². The molecule has 1 aliphatic rings. The van der Waals surface area contributed by atoms with Gasteiger partial charge in [0.05, 0.1) is 4.92 Å². The lowest BCUT2D eigenvalue weighted by molar-refractivity contribution is -0.384. The average Bonchev–Trinajstić information content (AvgIpc) is 2.45. The summed E-state index contributed by atoms with van der Waals surface area (Å²) in [6, 6.07) is 6.80. The van der Waals surface area contributed by atoms with E-state index >= 15 is 0 Å². The van der Waals surface area contributed by atoms with Crippen LogP contribution in [0.15, 0.2) is 29.8 Å². The van der Waals surface area contributed by atoms with Crippen LogP contribution in [-0.2, 0) is 0 Å². The van der Waals surface area contributed by atoms with Gasteiger partial charge in [-0.1, -0.05) is 29.5 Å². The van der Waals surface area contributed by atoms with Gasteiger partial charge < -0.3 is 5.73 Å². The molecule has 1 aliphatic carbocycles. The molecule has 20 heavy (non-hydrogen) atoms. The van der Waals surface area contributed by atoms with Crippen LogP contribution in [0.1, 0.15) is 31.2 Å². The number of amidine groups is 1. The molecule has 5 nitrogen and oxygen atoms in total. The lowest BCUT2D eigenvalue weighted by Gasteiger charge is -2.20. The minimum Gasteiger partial charge on any atom is -0.379 e. The number of nitro groups is 1. The Morgan fingerprint density at radius 3 is 2.85 bits per heavy atom. The van der Waals surface area contributed by atoms with Crippen molar-refractivity contribution in [3.63, 3.8) is 0 Å². The average molecular weight is 291 g/mol. The van der Waals surface area contributed by atoms with E-state index in [4.69, 9.17) is 11.1 Å². The summed E-state index contributed by atoms with van der Waals surface area (Å²) in [4.78, 5) is 10.5. The summed E-state index contributed by atoms with van der Waals surface area (Å²) in [5, 5.41) is 18.3. The third-order valence-electron chi connectivity index (χ3n) is 3.39. The Bertz CT molecular complexity index is 569. The lowest BCUT2D eigenvalue weighted by Crippen LogP contribution is -2.08. The molecule has 3 N–H and O–H groups in total. The molecule has 0 bridgehead atoms. The molecule has 0 aromatic heterocycles. The zero-order chi connectivity index (χ0) is 14.5. The van der Waals surface area contributed by atoms with Gasteiger partial charge in [-0.2, -0.15) is 0 Å². The first-order valence-electron chi connectivity index (χ1n) is 6.50. The largest absolute Gasteiger partial charge is 0.379 e. The van der Waals surface area contributed by atoms with Gasteiger partial charge in [0.2, 0.25) is 0 Å². The Morgan fingerprint density at radius 1 is 1.40 bits per heavy atom. The fourth-order valence-corrected chi connectivity index (χ4v) is 3.10. The fourth-order valence-electron chi connectivity index (χ4n) is 2.45. The van der Waals surface area contributed by atoms with Crippen LogP contribution in [0, 0.1) is 15.5 Å². The van der Waals surface area contributed by atoms with Crippen molar-refractivity contribution in [1.29, 1.82) is 5.41 Å². The Labute approximate surface area is 121 Å². The summed E-state index contributed by atoms with van der Waals surface area (Å²) in [6.45, 7) is 0. The van der Waals surface area contributed by atoms with Gasteiger partial charge in [0.25, 0.3) is 5.69 Å². The molecule has 0 aliphatic heterocycles. The number of nitrogens with zero attached hydrogens (tertiary/aromatic N) is 1. The molecule has 1 aromatic rings. The molecule has 0 unspecified atom stereocenters. The smallest absolute Gasteiger partial charge is 0.270 e. The first-order chi connectivity index (χ1) is 9.58. The molecular formula is C14H17N3O2S. The van der Waals surface area contributed by atoms with E-state index in [0.29, 0.717) is 5.75 Å². The maximum atomic E-state index is 10.9. The van der Waals surface area contributed by atoms with E-state index in [0.717, 1.165) is 31.2 Å². The van der Waals surface area contributed by atoms with Crippen molar-refractivity contribution in [2.75, 3.05) is 5.75 Å². The number of allylic oxidation sites excluding steroid dienone is 1. The Morgan fingerprint density at radius 2 is 2.15 bits per heavy atom. The summed E-state index contributed by atoms with van der Waals surface area (Å²) in [5.41, 5.74) is 8.89. The van der Waals surface area contributed by atoms with E-state index < -0.39 is 0 Å². The molecule has 1 aromatic carbocycles. The van der Waals surface area contributed by atoms with Gasteiger partial charge in [-0.25, -0.2) is 0 Å². The van der Waals surface area contributed by atoms with Crippen LogP contribution in [0.4, 0.5) is 5.69 Å². The van der Waals surface area contributed by atoms with Crippen LogP contribution in [0.2, 0.25) is 0 Å². The highest BCUT2D eigenvalue weighted by molar-refractivity contribution is 8.13. The Kier molecular flexibility index (Phi) is 4.79. The third-order valence-corrected chi connectivity index (χ3v) is 4.19. The predicted octanol–water partition coefficient (Wildman–Crippen LogP) is 3.55. The minimum absolute atomic E-state index is 0.112. The fraction of sp³-hybridized carbons (Fsp3) is 0.357. The molecule has 0 atom stereocenters. The number of non-ortho nitro benzene ring substituents is 1. The first kappa shape index (κ1) is 14.6. The first-order valence-corrected chi connectivity index (χ1v) is 7.49. The highest BCUT2D eigenvalue weighted by atomic mass is 32.2. The molecule has 0 heterocycles. The molecule has 0 spiro atoms. The second-order valence-electron chi connectivity index (χ2n) is 4.75. The number of thioether (sulfide) groups is 1. The number of hydrogen-bond acceptors (Lipinski definition) is 4. The van der Waals surface area contributed by atoms with Crippen LogP contribution in [0.25, 0.3) is 5.57 Å². The van der Waals surface area contributed by atoms with E-state index in [-0.39, 0.29) is 15.8 Å². The molecule has 2 rings (SSSR count). The molecule has 0 radical (unpaired) electrons. The van der Waals surface area contributed by atoms with Gasteiger partial charge in [-0.3, -0.25) is 15.5 Å². The quantitative estimate of drug-likeness (QED) is 0.384. The van der Waals surface area contributed by atoms with Gasteiger partial charge in [0.1, 0.15) is 0 Å². The Balaban J connectivity index is 2.32. The third kappa shape index (κ3) is 3.60. The monoisotopic (exact) mass is 291 g/mol. The molecule has 0 saturated carbocycles. The second-order valence-corrected chi connectivity index (χ2v) is 5.77. The SMILES string of the molecule is N=C(N)SCC1=C(c2cccc([N+](=O)[O-])c2)CCCC1. The van der Waals surface area contributed by atoms with Crippen LogP contribution in [-0.4, -0.2) is 15.8 Å². The predicted molar refractivity (Wildman–Crippen MR) is 82.9 cm³/mol. The van der Waals surface area contributed by atoms with E-state index in [2.05, 4.69) is 0 Å². The van der Waals surface area contributed by atoms with Crippen molar-refractivity contribution in [2.24, 2.45) is 5.73 Å². The zero-order valence-corrected chi connectivity index (χ0v) is 11.9. The van der Waals surface area contributed by atoms with Crippen molar-refractivity contribution >= 4 is 28.2 Å². The second kappa shape index (κ2) is 6.56. The highest BCUT2D eigenvalue weighted by Crippen LogP contribution is 2.35. The Hall–Kier alpha value is -1.82. The maximum absolute atomic E-state index is 10.9. The highest BCUT2D eigenvalue weighted by Gasteiger charge is 2.16. The van der Waals surface area contributed by atoms with Gasteiger partial charge >= 0.3 is 0 Å². The number of nitro benzene ring substituents is 1. The van der Waals surface area contributed by atoms with Crippen molar-refractivity contribution in [3.05, 3.63) is 45.5 Å². The minimum atomic E-state index is -0.364. The lowest BCUT2D eigenvalue weighted by atomic mass is 9.88. The van der Waals surface area contributed by atoms with Gasteiger partial charge in [0, 0.05) is 17.9 Å². The van der Waals surface area contributed by atoms with Crippen LogP contribution in [0.3, 0.4) is 0 Å². The van der Waals surface area contributed by atoms with E-state index in [9.17, 15) is 10.1 Å². The van der Waals surface area contributed by atoms with E-state index in [1.165, 1.54) is 29.0 Å². The molecule has 0 amide bonds. The van der Waals surface area contributed by atoms with Crippen molar-refractivity contribution in [2.45, 2.75) is 25.7 Å². The summed E-state index contributed by atoms with van der Waals surface area (Å²) in [7, 11) is 0. The summed E-state index contributed by atoms with van der Waals surface area (Å²) in [6.07, 6.45) is 4.16. The zero-order valence-electron chi connectivity index (χ0n) is 11.1. The summed E-state index contributed by atoms with van der Waals surface area (Å²) < 4.78 is 0. The molecule has 0 fully saturated rings. The van der Waals surface area contributed by atoms with Crippen molar-refractivity contribution < 1.29 is 4.92 Å². The van der Waals surface area contributed by atoms with Crippen LogP contribution >= 0.6 is 11.8 Å². The summed E-state index contributed by atoms with van der Waals surface area (Å²) >= 11 is 1.32. The van der Waals surface area contributed by atoms with Gasteiger partial charge in [-0.05, 0) is 36.8 Å². The van der Waals surface area contributed by atoms with Crippen LogP contribution in [0.5, 0.6) is 0 Å². The number of nitrogens with two attached hydrogens (primary N) is 1. The number of benzene rings is 1. The molecule has 106 valence electrons. The van der Waals surface area contributed by atoms with Crippen LogP contribution < -0.4 is 5.73 Å². The summed E-state index contributed by atoms with van der Waals surface area (Å²) in [5.74, 6) is 0.702.